The van der Waals surface area contributed by atoms with Crippen molar-refractivity contribution in [3.63, 3.8) is 0 Å². The third kappa shape index (κ3) is 9.67. The van der Waals surface area contributed by atoms with Crippen molar-refractivity contribution < 1.29 is 28.6 Å². The summed E-state index contributed by atoms with van der Waals surface area (Å²) in [7, 11) is 1.25. The molecule has 1 amide bonds. The SMILES string of the molecule is COC(=O)CCN(COC(=O)CCN)C(=O)OC(C)(C)C. The van der Waals surface area contributed by atoms with Crippen molar-refractivity contribution in [3.8, 4) is 0 Å². The lowest BCUT2D eigenvalue weighted by atomic mass is 10.2. The van der Waals surface area contributed by atoms with Gasteiger partial charge >= 0.3 is 18.0 Å². The van der Waals surface area contributed by atoms with Crippen molar-refractivity contribution in [1.82, 2.24) is 4.90 Å². The van der Waals surface area contributed by atoms with E-state index in [9.17, 15) is 14.4 Å². The zero-order chi connectivity index (χ0) is 16.5. The molecule has 0 aliphatic carbocycles. The average molecular weight is 304 g/mol. The Morgan fingerprint density at radius 2 is 1.71 bits per heavy atom. The average Bonchev–Trinajstić information content (AvgIpc) is 2.36. The van der Waals surface area contributed by atoms with Crippen LogP contribution in [-0.2, 0) is 23.8 Å². The fraction of sp³-hybridized carbons (Fsp3) is 0.769. The minimum absolute atomic E-state index is 0.0236. The third-order valence-corrected chi connectivity index (χ3v) is 2.20. The van der Waals surface area contributed by atoms with Crippen LogP contribution in [0.15, 0.2) is 0 Å². The molecule has 0 atom stereocenters. The van der Waals surface area contributed by atoms with E-state index >= 15 is 0 Å². The molecule has 0 aromatic carbocycles. The highest BCUT2D eigenvalue weighted by Crippen LogP contribution is 2.10. The molecule has 0 aliphatic rings. The first-order valence-corrected chi connectivity index (χ1v) is 6.60. The first-order valence-electron chi connectivity index (χ1n) is 6.60. The van der Waals surface area contributed by atoms with Crippen molar-refractivity contribution in [2.75, 3.05) is 26.9 Å². The molecule has 0 radical (unpaired) electrons. The van der Waals surface area contributed by atoms with E-state index in [0.29, 0.717) is 0 Å². The predicted octanol–water partition coefficient (Wildman–Crippen LogP) is 0.636. The zero-order valence-electron chi connectivity index (χ0n) is 13.0. The molecule has 2 N–H and O–H groups in total. The molecule has 0 spiro atoms. The fourth-order valence-electron chi connectivity index (χ4n) is 1.20. The maximum atomic E-state index is 12.0. The van der Waals surface area contributed by atoms with Crippen LogP contribution in [0.5, 0.6) is 0 Å². The van der Waals surface area contributed by atoms with Gasteiger partial charge in [-0.1, -0.05) is 0 Å². The van der Waals surface area contributed by atoms with Crippen molar-refractivity contribution in [2.24, 2.45) is 5.73 Å². The normalized spacial score (nSPS) is 10.7. The summed E-state index contributed by atoms with van der Waals surface area (Å²) in [6.45, 7) is 5.02. The fourth-order valence-corrected chi connectivity index (χ4v) is 1.20. The minimum atomic E-state index is -0.693. The van der Waals surface area contributed by atoms with Crippen molar-refractivity contribution >= 4 is 18.0 Å². The lowest BCUT2D eigenvalue weighted by Gasteiger charge is -2.26. The smallest absolute Gasteiger partial charge is 0.412 e. The molecule has 0 rings (SSSR count). The second-order valence-electron chi connectivity index (χ2n) is 5.25. The van der Waals surface area contributed by atoms with Crippen LogP contribution in [0.1, 0.15) is 33.6 Å². The van der Waals surface area contributed by atoms with E-state index in [2.05, 4.69) is 4.74 Å². The summed E-state index contributed by atoms with van der Waals surface area (Å²) < 4.78 is 14.6. The van der Waals surface area contributed by atoms with Gasteiger partial charge in [-0.05, 0) is 20.8 Å². The molecule has 0 fully saturated rings. The quantitative estimate of drug-likeness (QED) is 0.417. The van der Waals surface area contributed by atoms with Crippen molar-refractivity contribution in [1.29, 1.82) is 0 Å². The Morgan fingerprint density at radius 1 is 1.10 bits per heavy atom. The molecule has 0 heterocycles. The van der Waals surface area contributed by atoms with Gasteiger partial charge in [0.05, 0.1) is 20.0 Å². The molecule has 0 bridgehead atoms. The number of ether oxygens (including phenoxy) is 3. The van der Waals surface area contributed by atoms with Gasteiger partial charge in [-0.15, -0.1) is 0 Å². The van der Waals surface area contributed by atoms with E-state index in [1.54, 1.807) is 20.8 Å². The summed E-state index contributed by atoms with van der Waals surface area (Å²) >= 11 is 0. The zero-order valence-corrected chi connectivity index (χ0v) is 13.0. The lowest BCUT2D eigenvalue weighted by molar-refractivity contribution is -0.148. The van der Waals surface area contributed by atoms with Crippen LogP contribution < -0.4 is 5.73 Å². The number of nitrogens with two attached hydrogens (primary N) is 1. The van der Waals surface area contributed by atoms with E-state index in [-0.39, 0.29) is 32.7 Å². The largest absolute Gasteiger partial charge is 0.469 e. The Morgan fingerprint density at radius 3 is 2.19 bits per heavy atom. The van der Waals surface area contributed by atoms with Gasteiger partial charge in [0.1, 0.15) is 5.60 Å². The highest BCUT2D eigenvalue weighted by molar-refractivity contribution is 5.73. The van der Waals surface area contributed by atoms with Crippen LogP contribution >= 0.6 is 0 Å². The number of rotatable bonds is 7. The summed E-state index contributed by atoms with van der Waals surface area (Å²) in [6, 6.07) is 0. The van der Waals surface area contributed by atoms with Crippen LogP contribution in [0.25, 0.3) is 0 Å². The number of hydrogen-bond acceptors (Lipinski definition) is 7. The molecule has 8 nitrogen and oxygen atoms in total. The van der Waals surface area contributed by atoms with E-state index < -0.39 is 23.6 Å². The molecule has 0 aromatic rings. The lowest BCUT2D eigenvalue weighted by Crippen LogP contribution is -2.40. The Bertz CT molecular complexity index is 364. The number of amides is 1. The van der Waals surface area contributed by atoms with Gasteiger partial charge in [0.15, 0.2) is 6.73 Å². The molecule has 0 aliphatic heterocycles. The number of hydrogen-bond donors (Lipinski definition) is 1. The van der Waals surface area contributed by atoms with Crippen LogP contribution in [0.4, 0.5) is 4.79 Å². The Hall–Kier alpha value is -1.83. The van der Waals surface area contributed by atoms with Gasteiger partial charge in [0.2, 0.25) is 0 Å². The minimum Gasteiger partial charge on any atom is -0.469 e. The first kappa shape index (κ1) is 19.2. The molecule has 21 heavy (non-hydrogen) atoms. The van der Waals surface area contributed by atoms with Gasteiger partial charge < -0.3 is 19.9 Å². The monoisotopic (exact) mass is 304 g/mol. The van der Waals surface area contributed by atoms with Crippen LogP contribution in [-0.4, -0.2) is 55.5 Å². The Labute approximate surface area is 124 Å². The molecule has 0 unspecified atom stereocenters. The highest BCUT2D eigenvalue weighted by atomic mass is 16.6. The van der Waals surface area contributed by atoms with Gasteiger partial charge in [0, 0.05) is 13.1 Å². The summed E-state index contributed by atoms with van der Waals surface area (Å²) in [4.78, 5) is 35.5. The highest BCUT2D eigenvalue weighted by Gasteiger charge is 2.23. The molecular weight excluding hydrogens is 280 g/mol. The van der Waals surface area contributed by atoms with Crippen LogP contribution in [0.3, 0.4) is 0 Å². The molecule has 0 saturated carbocycles. The number of methoxy groups -OCH3 is 1. The van der Waals surface area contributed by atoms with Crippen LogP contribution in [0, 0.1) is 0 Å². The molecule has 0 aromatic heterocycles. The number of esters is 2. The van der Waals surface area contributed by atoms with E-state index in [1.165, 1.54) is 7.11 Å². The van der Waals surface area contributed by atoms with Crippen LogP contribution in [0.2, 0.25) is 0 Å². The Balaban J connectivity index is 4.56. The molecule has 0 saturated heterocycles. The molecule has 8 heteroatoms. The van der Waals surface area contributed by atoms with Gasteiger partial charge in [-0.3, -0.25) is 14.5 Å². The van der Waals surface area contributed by atoms with Gasteiger partial charge in [0.25, 0.3) is 0 Å². The number of carbonyl (C=O) groups excluding carboxylic acids is 3. The standard InChI is InChI=1S/C13H24N2O6/c1-13(2,3)21-12(18)15(8-6-10(16)19-4)9-20-11(17)5-7-14/h5-9,14H2,1-4H3. The van der Waals surface area contributed by atoms with E-state index in [1.807, 2.05) is 0 Å². The third-order valence-electron chi connectivity index (χ3n) is 2.20. The Kier molecular flexibility index (Phi) is 8.37. The van der Waals surface area contributed by atoms with E-state index in [0.717, 1.165) is 4.90 Å². The number of carbonyl (C=O) groups is 3. The van der Waals surface area contributed by atoms with E-state index in [4.69, 9.17) is 15.2 Å². The maximum absolute atomic E-state index is 12.0. The maximum Gasteiger partial charge on any atom is 0.412 e. The summed E-state index contributed by atoms with van der Waals surface area (Å²) in [5.41, 5.74) is 4.54. The molecular formula is C13H24N2O6. The first-order chi connectivity index (χ1) is 9.69. The molecule has 122 valence electrons. The summed E-state index contributed by atoms with van der Waals surface area (Å²) in [6.07, 6.45) is -0.643. The second kappa shape index (κ2) is 9.17. The van der Waals surface area contributed by atoms with Crippen molar-refractivity contribution in [3.05, 3.63) is 0 Å². The van der Waals surface area contributed by atoms with Gasteiger partial charge in [-0.2, -0.15) is 0 Å². The second-order valence-corrected chi connectivity index (χ2v) is 5.25. The van der Waals surface area contributed by atoms with Gasteiger partial charge in [-0.25, -0.2) is 4.79 Å². The summed E-state index contributed by atoms with van der Waals surface area (Å²) in [5.74, 6) is -0.999. The van der Waals surface area contributed by atoms with Crippen molar-refractivity contribution in [2.45, 2.75) is 39.2 Å². The summed E-state index contributed by atoms with van der Waals surface area (Å²) in [5, 5.41) is 0. The topological polar surface area (TPSA) is 108 Å². The number of nitrogens with zero attached hydrogens (tertiary/aromatic N) is 1. The predicted molar refractivity (Wildman–Crippen MR) is 74.2 cm³/mol.